The zero-order valence-electron chi connectivity index (χ0n) is 19.1. The number of piperazine rings is 1. The van der Waals surface area contributed by atoms with E-state index in [1.807, 2.05) is 7.11 Å². The summed E-state index contributed by atoms with van der Waals surface area (Å²) in [4.78, 5) is 2.53. The molecular formula is C20H47N3O2Si2. The van der Waals surface area contributed by atoms with Crippen LogP contribution >= 0.6 is 0 Å². The molecule has 0 radical (unpaired) electrons. The minimum atomic E-state index is -1.99. The summed E-state index contributed by atoms with van der Waals surface area (Å²) in [5, 5.41) is 3.41. The standard InChI is InChI=1S/C20H47N3O2Si2/c1-7-27(8-2,9-3)22(4)15-10-11-20-26(6,24-5)25-19-12-16-23-17-13-21-14-18-23/h21H,7-20H2,1-6H3. The van der Waals surface area contributed by atoms with Crippen LogP contribution in [0.25, 0.3) is 0 Å². The maximum atomic E-state index is 6.28. The maximum Gasteiger partial charge on any atom is 0.334 e. The van der Waals surface area contributed by atoms with E-state index in [-0.39, 0.29) is 0 Å². The highest BCUT2D eigenvalue weighted by molar-refractivity contribution is 6.76. The van der Waals surface area contributed by atoms with Crippen LogP contribution in [-0.2, 0) is 8.85 Å². The van der Waals surface area contributed by atoms with Crippen molar-refractivity contribution in [2.75, 3.05) is 60.0 Å². The lowest BCUT2D eigenvalue weighted by Gasteiger charge is -2.38. The van der Waals surface area contributed by atoms with E-state index in [4.69, 9.17) is 8.85 Å². The fourth-order valence-corrected chi connectivity index (χ4v) is 10.0. The van der Waals surface area contributed by atoms with Crippen LogP contribution in [0.1, 0.15) is 40.0 Å². The molecule has 1 aliphatic heterocycles. The molecule has 0 amide bonds. The number of nitrogens with one attached hydrogen (secondary N) is 1. The summed E-state index contributed by atoms with van der Waals surface area (Å²) in [7, 11) is 1.02. The van der Waals surface area contributed by atoms with Crippen molar-refractivity contribution in [2.45, 2.75) is 70.8 Å². The van der Waals surface area contributed by atoms with Gasteiger partial charge < -0.3 is 23.6 Å². The second-order valence-electron chi connectivity index (χ2n) is 8.30. The van der Waals surface area contributed by atoms with Gasteiger partial charge in [-0.05, 0) is 57.2 Å². The summed E-state index contributed by atoms with van der Waals surface area (Å²) < 4.78 is 14.9. The molecule has 1 unspecified atom stereocenters. The van der Waals surface area contributed by atoms with Gasteiger partial charge in [-0.25, -0.2) is 0 Å². The van der Waals surface area contributed by atoms with Crippen LogP contribution < -0.4 is 5.32 Å². The van der Waals surface area contributed by atoms with Gasteiger partial charge >= 0.3 is 8.56 Å². The summed E-state index contributed by atoms with van der Waals surface area (Å²) in [6.45, 7) is 17.2. The molecule has 0 aliphatic carbocycles. The van der Waals surface area contributed by atoms with E-state index in [0.29, 0.717) is 0 Å². The van der Waals surface area contributed by atoms with Gasteiger partial charge in [-0.3, -0.25) is 0 Å². The molecule has 1 N–H and O–H groups in total. The van der Waals surface area contributed by atoms with E-state index in [2.05, 4.69) is 49.1 Å². The molecule has 1 saturated heterocycles. The Bertz CT molecular complexity index is 372. The highest BCUT2D eigenvalue weighted by Gasteiger charge is 2.32. The first-order valence-electron chi connectivity index (χ1n) is 11.3. The summed E-state index contributed by atoms with van der Waals surface area (Å²) >= 11 is 0. The van der Waals surface area contributed by atoms with Gasteiger partial charge in [-0.15, -0.1) is 0 Å². The summed E-state index contributed by atoms with van der Waals surface area (Å²) in [6, 6.07) is 5.23. The second kappa shape index (κ2) is 13.5. The largest absolute Gasteiger partial charge is 0.398 e. The van der Waals surface area contributed by atoms with Crippen molar-refractivity contribution in [3.05, 3.63) is 0 Å². The molecule has 1 fully saturated rings. The average molecular weight is 418 g/mol. The molecule has 162 valence electrons. The summed E-state index contributed by atoms with van der Waals surface area (Å²) in [6.07, 6.45) is 3.61. The highest BCUT2D eigenvalue weighted by atomic mass is 28.4. The third-order valence-corrected chi connectivity index (χ3v) is 15.6. The molecule has 5 nitrogen and oxygen atoms in total. The zero-order chi connectivity index (χ0) is 20.2. The Morgan fingerprint density at radius 1 is 1.00 bits per heavy atom. The van der Waals surface area contributed by atoms with Crippen LogP contribution in [0.2, 0.25) is 30.7 Å². The van der Waals surface area contributed by atoms with Crippen molar-refractivity contribution < 1.29 is 8.85 Å². The van der Waals surface area contributed by atoms with Crippen LogP contribution in [0.5, 0.6) is 0 Å². The maximum absolute atomic E-state index is 6.28. The average Bonchev–Trinajstić information content (AvgIpc) is 2.71. The highest BCUT2D eigenvalue weighted by Crippen LogP contribution is 2.24. The first-order chi connectivity index (χ1) is 12.9. The molecule has 0 saturated carbocycles. The van der Waals surface area contributed by atoms with Gasteiger partial charge in [0, 0.05) is 46.4 Å². The summed E-state index contributed by atoms with van der Waals surface area (Å²) in [5.41, 5.74) is 0. The molecule has 0 bridgehead atoms. The van der Waals surface area contributed by atoms with Crippen LogP contribution in [0.3, 0.4) is 0 Å². The third-order valence-electron chi connectivity index (χ3n) is 6.83. The molecule has 1 heterocycles. The minimum absolute atomic E-state index is 0.845. The number of unbranched alkanes of at least 4 members (excludes halogenated alkanes) is 1. The van der Waals surface area contributed by atoms with Gasteiger partial charge in [-0.1, -0.05) is 27.2 Å². The van der Waals surface area contributed by atoms with Crippen LogP contribution in [0.4, 0.5) is 0 Å². The molecule has 0 aromatic rings. The Kier molecular flexibility index (Phi) is 12.6. The Hall–Kier alpha value is 0.234. The molecule has 0 aromatic heterocycles. The second-order valence-corrected chi connectivity index (χ2v) is 17.1. The lowest BCUT2D eigenvalue weighted by atomic mass is 10.3. The quantitative estimate of drug-likeness (QED) is 0.324. The SMILES string of the molecule is CC[Si](CC)(CC)N(C)CCCC[Si](C)(OC)OCCCN1CCNCC1. The van der Waals surface area contributed by atoms with Crippen LogP contribution in [0, 0.1) is 0 Å². The van der Waals surface area contributed by atoms with Crippen molar-refractivity contribution in [1.82, 2.24) is 14.8 Å². The van der Waals surface area contributed by atoms with Crippen molar-refractivity contribution >= 4 is 16.8 Å². The van der Waals surface area contributed by atoms with Gasteiger partial charge in [0.15, 0.2) is 0 Å². The van der Waals surface area contributed by atoms with Crippen molar-refractivity contribution in [1.29, 1.82) is 0 Å². The van der Waals surface area contributed by atoms with E-state index >= 15 is 0 Å². The molecule has 27 heavy (non-hydrogen) atoms. The number of hydrogen-bond acceptors (Lipinski definition) is 5. The normalized spacial score (nSPS) is 18.8. The van der Waals surface area contributed by atoms with Crippen LogP contribution in [0.15, 0.2) is 0 Å². The topological polar surface area (TPSA) is 37.0 Å². The van der Waals surface area contributed by atoms with E-state index in [1.165, 1.54) is 50.6 Å². The first-order valence-corrected chi connectivity index (χ1v) is 16.4. The fourth-order valence-electron chi connectivity index (χ4n) is 4.34. The van der Waals surface area contributed by atoms with Gasteiger partial charge in [0.1, 0.15) is 8.24 Å². The van der Waals surface area contributed by atoms with Gasteiger partial charge in [0.05, 0.1) is 0 Å². The number of hydrogen-bond donors (Lipinski definition) is 1. The van der Waals surface area contributed by atoms with E-state index in [9.17, 15) is 0 Å². The Balaban J connectivity index is 2.24. The molecular weight excluding hydrogens is 370 g/mol. The lowest BCUT2D eigenvalue weighted by Crippen LogP contribution is -2.50. The Morgan fingerprint density at radius 3 is 2.19 bits per heavy atom. The Morgan fingerprint density at radius 2 is 1.63 bits per heavy atom. The van der Waals surface area contributed by atoms with Gasteiger partial charge in [0.2, 0.25) is 0 Å². The summed E-state index contributed by atoms with van der Waals surface area (Å²) in [5.74, 6) is 0. The zero-order valence-corrected chi connectivity index (χ0v) is 21.1. The van der Waals surface area contributed by atoms with E-state index in [0.717, 1.165) is 38.7 Å². The molecule has 1 aliphatic rings. The predicted molar refractivity (Wildman–Crippen MR) is 122 cm³/mol. The molecule has 7 heteroatoms. The number of nitrogens with zero attached hydrogens (tertiary/aromatic N) is 2. The minimum Gasteiger partial charge on any atom is -0.398 e. The van der Waals surface area contributed by atoms with Crippen molar-refractivity contribution in [3.63, 3.8) is 0 Å². The molecule has 0 aromatic carbocycles. The van der Waals surface area contributed by atoms with E-state index in [1.54, 1.807) is 0 Å². The number of rotatable bonds is 15. The van der Waals surface area contributed by atoms with Gasteiger partial charge in [0.25, 0.3) is 0 Å². The monoisotopic (exact) mass is 417 g/mol. The fraction of sp³-hybridized carbons (Fsp3) is 1.00. The smallest absolute Gasteiger partial charge is 0.334 e. The van der Waals surface area contributed by atoms with Crippen molar-refractivity contribution in [2.24, 2.45) is 0 Å². The molecule has 1 atom stereocenters. The molecule has 1 rings (SSSR count). The molecule has 0 spiro atoms. The third kappa shape index (κ3) is 8.64. The first kappa shape index (κ1) is 25.3. The van der Waals surface area contributed by atoms with Crippen LogP contribution in [-0.4, -0.2) is 86.3 Å². The van der Waals surface area contributed by atoms with Gasteiger partial charge in [-0.2, -0.15) is 0 Å². The Labute approximate surface area is 171 Å². The predicted octanol–water partition coefficient (Wildman–Crippen LogP) is 3.73. The lowest BCUT2D eigenvalue weighted by molar-refractivity contribution is 0.176. The van der Waals surface area contributed by atoms with E-state index < -0.39 is 16.8 Å². The van der Waals surface area contributed by atoms with Crippen molar-refractivity contribution in [3.8, 4) is 0 Å².